The minimum atomic E-state index is 0.652. The van der Waals surface area contributed by atoms with E-state index in [1.807, 2.05) is 12.4 Å². The van der Waals surface area contributed by atoms with Crippen LogP contribution >= 0.6 is 22.6 Å². The monoisotopic (exact) mass is 330 g/mol. The first-order chi connectivity index (χ1) is 7.83. The Hall–Kier alpha value is -0.430. The van der Waals surface area contributed by atoms with Crippen molar-refractivity contribution in [2.45, 2.75) is 18.9 Å². The molecule has 0 N–H and O–H groups in total. The first-order valence-corrected chi connectivity index (χ1v) is 6.87. The van der Waals surface area contributed by atoms with Crippen LogP contribution in [0.2, 0.25) is 0 Å². The van der Waals surface area contributed by atoms with E-state index in [9.17, 15) is 0 Å². The third kappa shape index (κ3) is 2.02. The lowest BCUT2D eigenvalue weighted by atomic mass is 10.1. The van der Waals surface area contributed by atoms with E-state index in [1.54, 1.807) is 0 Å². The third-order valence-corrected chi connectivity index (χ3v) is 4.08. The van der Waals surface area contributed by atoms with Gasteiger partial charge in [0.2, 0.25) is 5.95 Å². The molecule has 0 unspecified atom stereocenters. The Balaban J connectivity index is 1.85. The second-order valence-electron chi connectivity index (χ2n) is 4.47. The molecule has 0 aromatic carbocycles. The molecule has 0 saturated carbocycles. The molecule has 0 aliphatic carbocycles. The lowest BCUT2D eigenvalue weighted by Crippen LogP contribution is -2.38. The molecule has 16 heavy (non-hydrogen) atoms. The minimum absolute atomic E-state index is 0.652. The fourth-order valence-corrected chi connectivity index (χ4v) is 2.88. The predicted octanol–water partition coefficient (Wildman–Crippen LogP) is 1.37. The molecular weight excluding hydrogens is 315 g/mol. The number of hydrogen-bond donors (Lipinski definition) is 0. The van der Waals surface area contributed by atoms with Crippen molar-refractivity contribution in [1.29, 1.82) is 0 Å². The molecule has 0 amide bonds. The molecule has 0 atom stereocenters. The number of nitrogens with zero attached hydrogens (tertiary/aromatic N) is 4. The molecule has 0 spiro atoms. The predicted molar refractivity (Wildman–Crippen MR) is 71.6 cm³/mol. The Morgan fingerprint density at radius 1 is 1.06 bits per heavy atom. The highest BCUT2D eigenvalue weighted by atomic mass is 127. The van der Waals surface area contributed by atoms with Crippen molar-refractivity contribution >= 4 is 28.5 Å². The molecule has 3 fully saturated rings. The number of fused-ring (bicyclic) bond motifs is 4. The van der Waals surface area contributed by atoms with Gasteiger partial charge in [0, 0.05) is 48.2 Å². The molecule has 3 saturated heterocycles. The van der Waals surface area contributed by atoms with Gasteiger partial charge in [-0.1, -0.05) is 0 Å². The van der Waals surface area contributed by atoms with Gasteiger partial charge in [-0.15, -0.1) is 0 Å². The van der Waals surface area contributed by atoms with Crippen LogP contribution in [0.3, 0.4) is 0 Å². The zero-order valence-corrected chi connectivity index (χ0v) is 11.3. The Morgan fingerprint density at radius 3 is 2.44 bits per heavy atom. The lowest BCUT2D eigenvalue weighted by Gasteiger charge is -2.31. The van der Waals surface area contributed by atoms with Crippen LogP contribution in [0.1, 0.15) is 12.8 Å². The zero-order valence-electron chi connectivity index (χ0n) is 9.14. The van der Waals surface area contributed by atoms with Crippen LogP contribution in [0, 0.1) is 3.57 Å². The van der Waals surface area contributed by atoms with Gasteiger partial charge in [-0.05, 0) is 35.4 Å². The van der Waals surface area contributed by atoms with Gasteiger partial charge in [0.1, 0.15) is 0 Å². The van der Waals surface area contributed by atoms with Crippen LogP contribution < -0.4 is 4.90 Å². The fourth-order valence-electron chi connectivity index (χ4n) is 2.60. The summed E-state index contributed by atoms with van der Waals surface area (Å²) in [6.45, 7) is 4.72. The number of rotatable bonds is 1. The summed E-state index contributed by atoms with van der Waals surface area (Å²) < 4.78 is 1.10. The third-order valence-electron chi connectivity index (χ3n) is 3.52. The van der Waals surface area contributed by atoms with E-state index < -0.39 is 0 Å². The molecule has 86 valence electrons. The number of halogens is 1. The SMILES string of the molecule is Ic1cnc(N2CCN3CCC2CC3)nc1. The Kier molecular flexibility index (Phi) is 2.97. The van der Waals surface area contributed by atoms with E-state index in [0.717, 1.165) is 22.6 Å². The molecular formula is C11H15IN4. The summed E-state index contributed by atoms with van der Waals surface area (Å²) in [4.78, 5) is 13.8. The van der Waals surface area contributed by atoms with Crippen LogP contribution in [0.25, 0.3) is 0 Å². The Morgan fingerprint density at radius 2 is 1.75 bits per heavy atom. The van der Waals surface area contributed by atoms with E-state index >= 15 is 0 Å². The van der Waals surface area contributed by atoms with E-state index in [-0.39, 0.29) is 0 Å². The zero-order chi connectivity index (χ0) is 11.0. The molecule has 4 heterocycles. The highest BCUT2D eigenvalue weighted by Crippen LogP contribution is 2.23. The van der Waals surface area contributed by atoms with Crippen LogP contribution in [0.15, 0.2) is 12.4 Å². The standard InChI is InChI=1S/C11H15IN4/c12-9-7-13-11(14-8-9)16-6-5-15-3-1-10(16)2-4-15/h7-8,10H,1-6H2. The highest BCUT2D eigenvalue weighted by Gasteiger charge is 2.30. The molecule has 1 aromatic heterocycles. The van der Waals surface area contributed by atoms with Crippen LogP contribution in [-0.4, -0.2) is 47.1 Å². The number of piperidine rings is 1. The van der Waals surface area contributed by atoms with Gasteiger partial charge in [0.05, 0.1) is 0 Å². The average Bonchev–Trinajstić information content (AvgIpc) is 2.64. The number of anilines is 1. The molecule has 5 heteroatoms. The highest BCUT2D eigenvalue weighted by molar-refractivity contribution is 14.1. The van der Waals surface area contributed by atoms with Crippen molar-refractivity contribution in [3.05, 3.63) is 16.0 Å². The quantitative estimate of drug-likeness (QED) is 0.728. The molecule has 3 aliphatic heterocycles. The van der Waals surface area contributed by atoms with Crippen LogP contribution in [0.5, 0.6) is 0 Å². The topological polar surface area (TPSA) is 32.3 Å². The molecule has 4 rings (SSSR count). The average molecular weight is 330 g/mol. The maximum absolute atomic E-state index is 4.45. The molecule has 1 aromatic rings. The van der Waals surface area contributed by atoms with E-state index in [2.05, 4.69) is 42.4 Å². The number of hydrogen-bond acceptors (Lipinski definition) is 4. The van der Waals surface area contributed by atoms with Crippen molar-refractivity contribution in [3.8, 4) is 0 Å². The van der Waals surface area contributed by atoms with Crippen LogP contribution in [0.4, 0.5) is 5.95 Å². The van der Waals surface area contributed by atoms with Gasteiger partial charge in [-0.3, -0.25) is 0 Å². The summed E-state index contributed by atoms with van der Waals surface area (Å²) in [6.07, 6.45) is 6.33. The van der Waals surface area contributed by atoms with Gasteiger partial charge >= 0.3 is 0 Å². The second-order valence-corrected chi connectivity index (χ2v) is 5.71. The van der Waals surface area contributed by atoms with E-state index in [0.29, 0.717) is 6.04 Å². The maximum Gasteiger partial charge on any atom is 0.225 e. The summed E-state index contributed by atoms with van der Waals surface area (Å²) >= 11 is 2.25. The van der Waals surface area contributed by atoms with Crippen molar-refractivity contribution in [1.82, 2.24) is 14.9 Å². The normalized spacial score (nSPS) is 29.2. The van der Waals surface area contributed by atoms with Crippen molar-refractivity contribution in [2.24, 2.45) is 0 Å². The Labute approximate surface area is 109 Å². The van der Waals surface area contributed by atoms with Gasteiger partial charge in [-0.2, -0.15) is 0 Å². The second kappa shape index (κ2) is 4.44. The summed E-state index contributed by atoms with van der Waals surface area (Å²) in [5.41, 5.74) is 0. The Bertz CT molecular complexity index is 359. The molecule has 2 bridgehead atoms. The van der Waals surface area contributed by atoms with E-state index in [1.165, 1.54) is 25.9 Å². The smallest absolute Gasteiger partial charge is 0.225 e. The lowest BCUT2D eigenvalue weighted by molar-refractivity contribution is 0.250. The first kappa shape index (κ1) is 10.7. The summed E-state index contributed by atoms with van der Waals surface area (Å²) in [5, 5.41) is 0. The van der Waals surface area contributed by atoms with Gasteiger partial charge < -0.3 is 9.80 Å². The first-order valence-electron chi connectivity index (χ1n) is 5.79. The van der Waals surface area contributed by atoms with Crippen molar-refractivity contribution in [2.75, 3.05) is 31.1 Å². The summed E-state index contributed by atoms with van der Waals surface area (Å²) in [7, 11) is 0. The van der Waals surface area contributed by atoms with Crippen molar-refractivity contribution in [3.63, 3.8) is 0 Å². The fraction of sp³-hybridized carbons (Fsp3) is 0.636. The van der Waals surface area contributed by atoms with Gasteiger partial charge in [-0.25, -0.2) is 9.97 Å². The van der Waals surface area contributed by atoms with Gasteiger partial charge in [0.25, 0.3) is 0 Å². The van der Waals surface area contributed by atoms with Crippen LogP contribution in [-0.2, 0) is 0 Å². The number of aromatic nitrogens is 2. The minimum Gasteiger partial charge on any atom is -0.336 e. The molecule has 3 aliphatic rings. The molecule has 4 nitrogen and oxygen atoms in total. The van der Waals surface area contributed by atoms with Gasteiger partial charge in [0.15, 0.2) is 0 Å². The molecule has 0 radical (unpaired) electrons. The maximum atomic E-state index is 4.45. The summed E-state index contributed by atoms with van der Waals surface area (Å²) in [6, 6.07) is 0.652. The van der Waals surface area contributed by atoms with E-state index in [4.69, 9.17) is 0 Å². The largest absolute Gasteiger partial charge is 0.336 e. The summed E-state index contributed by atoms with van der Waals surface area (Å²) in [5.74, 6) is 0.911. The van der Waals surface area contributed by atoms with Crippen molar-refractivity contribution < 1.29 is 0 Å².